The van der Waals surface area contributed by atoms with E-state index in [0.717, 1.165) is 15.5 Å². The minimum atomic E-state index is -4.72. The van der Waals surface area contributed by atoms with Crippen molar-refractivity contribution in [2.75, 3.05) is 7.05 Å². The Labute approximate surface area is 170 Å². The quantitative estimate of drug-likeness (QED) is 0.617. The number of nitrogens with zero attached hydrogens (tertiary/aromatic N) is 4. The molecule has 0 spiro atoms. The third-order valence-electron chi connectivity index (χ3n) is 4.22. The Bertz CT molecular complexity index is 1220. The molecule has 1 amide bonds. The summed E-state index contributed by atoms with van der Waals surface area (Å²) in [7, 11) is 2.69. The van der Waals surface area contributed by atoms with E-state index in [0.29, 0.717) is 15.0 Å². The molecule has 0 bridgehead atoms. The van der Waals surface area contributed by atoms with Gasteiger partial charge in [0.15, 0.2) is 0 Å². The molecule has 0 radical (unpaired) electrons. The number of thiophene rings is 1. The summed E-state index contributed by atoms with van der Waals surface area (Å²) in [6.45, 7) is -0.326. The number of carbonyl (C=O) groups excluding carboxylic acids is 1. The van der Waals surface area contributed by atoms with Gasteiger partial charge in [-0.25, -0.2) is 9.78 Å². The summed E-state index contributed by atoms with van der Waals surface area (Å²) >= 11 is 7.15. The van der Waals surface area contributed by atoms with Crippen LogP contribution in [0.25, 0.3) is 11.0 Å². The second-order valence-corrected chi connectivity index (χ2v) is 8.05. The zero-order chi connectivity index (χ0) is 21.5. The predicted octanol–water partition coefficient (Wildman–Crippen LogP) is 2.49. The molecule has 0 atom stereocenters. The molecule has 0 aromatic carbocycles. The summed E-state index contributed by atoms with van der Waals surface area (Å²) in [6, 6.07) is 5.05. The Morgan fingerprint density at radius 1 is 1.24 bits per heavy atom. The maximum absolute atomic E-state index is 12.9. The van der Waals surface area contributed by atoms with Gasteiger partial charge in [0.05, 0.1) is 16.3 Å². The van der Waals surface area contributed by atoms with Gasteiger partial charge in [0.1, 0.15) is 17.9 Å². The van der Waals surface area contributed by atoms with Crippen LogP contribution in [-0.2, 0) is 31.1 Å². The van der Waals surface area contributed by atoms with Crippen molar-refractivity contribution in [3.63, 3.8) is 0 Å². The summed E-state index contributed by atoms with van der Waals surface area (Å²) in [4.78, 5) is 43.1. The van der Waals surface area contributed by atoms with Crippen LogP contribution in [0.3, 0.4) is 0 Å². The largest absolute Gasteiger partial charge is 0.433 e. The molecule has 29 heavy (non-hydrogen) atoms. The lowest BCUT2D eigenvalue weighted by Gasteiger charge is -2.17. The predicted molar refractivity (Wildman–Crippen MR) is 102 cm³/mol. The van der Waals surface area contributed by atoms with E-state index >= 15 is 0 Å². The SMILES string of the molecule is CN(Cc1ccc(Cl)s1)C(=O)Cn1c(=O)c2ccc(C(F)(F)F)nc2n(C)c1=O. The maximum Gasteiger partial charge on any atom is 0.433 e. The lowest BCUT2D eigenvalue weighted by Crippen LogP contribution is -2.43. The van der Waals surface area contributed by atoms with Gasteiger partial charge in [-0.05, 0) is 24.3 Å². The number of hydrogen-bond donors (Lipinski definition) is 0. The summed E-state index contributed by atoms with van der Waals surface area (Å²) in [5.74, 6) is -0.520. The molecule has 3 aromatic heterocycles. The van der Waals surface area contributed by atoms with Crippen molar-refractivity contribution in [3.8, 4) is 0 Å². The van der Waals surface area contributed by atoms with Crippen molar-refractivity contribution in [1.29, 1.82) is 0 Å². The summed E-state index contributed by atoms with van der Waals surface area (Å²) in [5, 5.41) is -0.194. The Hall–Kier alpha value is -2.66. The first-order chi connectivity index (χ1) is 13.5. The molecule has 3 aromatic rings. The topological polar surface area (TPSA) is 77.2 Å². The molecule has 0 saturated heterocycles. The van der Waals surface area contributed by atoms with Crippen LogP contribution < -0.4 is 11.2 Å². The van der Waals surface area contributed by atoms with Crippen molar-refractivity contribution in [2.24, 2.45) is 7.05 Å². The Morgan fingerprint density at radius 2 is 1.93 bits per heavy atom. The van der Waals surface area contributed by atoms with Crippen molar-refractivity contribution in [3.05, 3.63) is 60.0 Å². The molecule has 3 rings (SSSR count). The van der Waals surface area contributed by atoms with Crippen molar-refractivity contribution >= 4 is 39.9 Å². The summed E-state index contributed by atoms with van der Waals surface area (Å²) in [6.07, 6.45) is -4.72. The Morgan fingerprint density at radius 3 is 2.52 bits per heavy atom. The monoisotopic (exact) mass is 446 g/mol. The highest BCUT2D eigenvalue weighted by atomic mass is 35.5. The first kappa shape index (κ1) is 21.1. The lowest BCUT2D eigenvalue weighted by atomic mass is 10.2. The van der Waals surface area contributed by atoms with Crippen molar-refractivity contribution < 1.29 is 18.0 Å². The first-order valence-electron chi connectivity index (χ1n) is 8.15. The number of likely N-dealkylation sites (N-methyl/N-ethyl adjacent to an activating group) is 1. The third-order valence-corrected chi connectivity index (χ3v) is 5.43. The van der Waals surface area contributed by atoms with Gasteiger partial charge < -0.3 is 4.90 Å². The average Bonchev–Trinajstić information content (AvgIpc) is 3.06. The molecular weight excluding hydrogens is 433 g/mol. The molecule has 0 aliphatic rings. The van der Waals surface area contributed by atoms with Crippen molar-refractivity contribution in [1.82, 2.24) is 19.0 Å². The number of pyridine rings is 1. The number of aryl methyl sites for hydroxylation is 1. The fourth-order valence-electron chi connectivity index (χ4n) is 2.69. The molecule has 7 nitrogen and oxygen atoms in total. The fraction of sp³-hybridized carbons (Fsp3) is 0.294. The number of halogens is 4. The van der Waals surface area contributed by atoms with Crippen molar-refractivity contribution in [2.45, 2.75) is 19.3 Å². The normalized spacial score (nSPS) is 11.8. The molecule has 0 saturated carbocycles. The number of carbonyl (C=O) groups is 1. The van der Waals surface area contributed by atoms with Crippen LogP contribution in [0.1, 0.15) is 10.6 Å². The maximum atomic E-state index is 12.9. The zero-order valence-corrected chi connectivity index (χ0v) is 16.7. The molecule has 3 heterocycles. The number of amides is 1. The van der Waals surface area contributed by atoms with Crippen LogP contribution in [0.15, 0.2) is 33.9 Å². The van der Waals surface area contributed by atoms with Gasteiger partial charge in [0, 0.05) is 19.0 Å². The molecular formula is C17H14ClF3N4O3S. The standard InChI is InChI=1S/C17H14ClF3N4O3S/c1-23(7-9-3-6-12(18)29-9)13(26)8-25-15(27)10-4-5-11(17(19,20)21)22-14(10)24(2)16(25)28/h3-6H,7-8H2,1-2H3. The second-order valence-electron chi connectivity index (χ2n) is 6.25. The number of alkyl halides is 3. The van der Waals surface area contributed by atoms with Gasteiger partial charge in [-0.1, -0.05) is 11.6 Å². The number of aromatic nitrogens is 3. The van der Waals surface area contributed by atoms with E-state index < -0.39 is 41.2 Å². The number of fused-ring (bicyclic) bond motifs is 1. The summed E-state index contributed by atoms with van der Waals surface area (Å²) < 4.78 is 40.7. The highest BCUT2D eigenvalue weighted by Gasteiger charge is 2.33. The minimum Gasteiger partial charge on any atom is -0.339 e. The van der Waals surface area contributed by atoms with Gasteiger partial charge >= 0.3 is 11.9 Å². The third kappa shape index (κ3) is 4.20. The van der Waals surface area contributed by atoms with E-state index in [1.165, 1.54) is 30.3 Å². The number of hydrogen-bond acceptors (Lipinski definition) is 5. The first-order valence-corrected chi connectivity index (χ1v) is 9.34. The summed E-state index contributed by atoms with van der Waals surface area (Å²) in [5.41, 5.74) is -3.44. The van der Waals surface area contributed by atoms with Crippen LogP contribution in [0.4, 0.5) is 13.2 Å². The van der Waals surface area contributed by atoms with E-state index in [9.17, 15) is 27.6 Å². The van der Waals surface area contributed by atoms with E-state index in [4.69, 9.17) is 11.6 Å². The molecule has 0 N–H and O–H groups in total. The Kier molecular flexibility index (Phi) is 5.54. The lowest BCUT2D eigenvalue weighted by molar-refractivity contribution is -0.141. The molecule has 154 valence electrons. The van der Waals surface area contributed by atoms with Gasteiger partial charge in [-0.15, -0.1) is 11.3 Å². The Balaban J connectivity index is 1.96. The van der Waals surface area contributed by atoms with Gasteiger partial charge in [0.2, 0.25) is 5.91 Å². The molecule has 0 aliphatic carbocycles. The van der Waals surface area contributed by atoms with E-state index in [1.54, 1.807) is 12.1 Å². The fourth-order valence-corrected chi connectivity index (χ4v) is 3.83. The van der Waals surface area contributed by atoms with Crippen LogP contribution in [0.5, 0.6) is 0 Å². The van der Waals surface area contributed by atoms with Gasteiger partial charge in [-0.2, -0.15) is 13.2 Å². The highest BCUT2D eigenvalue weighted by molar-refractivity contribution is 7.16. The highest BCUT2D eigenvalue weighted by Crippen LogP contribution is 2.28. The smallest absolute Gasteiger partial charge is 0.339 e. The van der Waals surface area contributed by atoms with Gasteiger partial charge in [0.25, 0.3) is 5.56 Å². The van der Waals surface area contributed by atoms with E-state index in [-0.39, 0.29) is 11.9 Å². The molecule has 12 heteroatoms. The number of rotatable bonds is 4. The van der Waals surface area contributed by atoms with E-state index in [2.05, 4.69) is 4.98 Å². The van der Waals surface area contributed by atoms with Gasteiger partial charge in [-0.3, -0.25) is 18.7 Å². The van der Waals surface area contributed by atoms with Crippen LogP contribution >= 0.6 is 22.9 Å². The minimum absolute atomic E-state index is 0.194. The van der Waals surface area contributed by atoms with Crippen LogP contribution in [-0.4, -0.2) is 32.0 Å². The molecule has 0 unspecified atom stereocenters. The molecule has 0 fully saturated rings. The zero-order valence-electron chi connectivity index (χ0n) is 15.2. The van der Waals surface area contributed by atoms with Crippen LogP contribution in [0.2, 0.25) is 4.34 Å². The van der Waals surface area contributed by atoms with E-state index in [1.807, 2.05) is 0 Å². The van der Waals surface area contributed by atoms with Crippen LogP contribution in [0, 0.1) is 0 Å². The molecule has 0 aliphatic heterocycles. The second kappa shape index (κ2) is 7.64. The average molecular weight is 447 g/mol.